The minimum atomic E-state index is 0.580. The standard InChI is InChI=1S/C21H32N8.C2H6/c1-15(2)14-23-21-25-18(22-8-11-29-9-4-3-5-10-29)13-19(26-21)24-20-12-17(27-28-20)16-6-7-16;1-2/h12-13,16H,1,3-11,14H2,2H3,(H4,22,23,24,25,26,27,28);1-2H3. The summed E-state index contributed by atoms with van der Waals surface area (Å²) in [7, 11) is 0. The first-order valence-electron chi connectivity index (χ1n) is 11.7. The third-order valence-corrected chi connectivity index (χ3v) is 5.33. The van der Waals surface area contributed by atoms with Gasteiger partial charge in [-0.25, -0.2) is 0 Å². The van der Waals surface area contributed by atoms with Gasteiger partial charge in [0.05, 0.1) is 0 Å². The van der Waals surface area contributed by atoms with Crippen molar-refractivity contribution in [3.63, 3.8) is 0 Å². The number of likely N-dealkylation sites (tertiary alicyclic amines) is 1. The summed E-state index contributed by atoms with van der Waals surface area (Å²) >= 11 is 0. The molecule has 0 radical (unpaired) electrons. The Hall–Kier alpha value is -2.61. The summed E-state index contributed by atoms with van der Waals surface area (Å²) in [6, 6.07) is 4.01. The summed E-state index contributed by atoms with van der Waals surface area (Å²) in [6.07, 6.45) is 6.47. The monoisotopic (exact) mass is 426 g/mol. The molecule has 0 unspecified atom stereocenters. The molecule has 1 aliphatic carbocycles. The lowest BCUT2D eigenvalue weighted by Crippen LogP contribution is -2.33. The Balaban J connectivity index is 0.00000132. The van der Waals surface area contributed by atoms with Gasteiger partial charge in [-0.15, -0.1) is 0 Å². The van der Waals surface area contributed by atoms with Gasteiger partial charge in [-0.05, 0) is 45.7 Å². The van der Waals surface area contributed by atoms with E-state index < -0.39 is 0 Å². The molecule has 2 aliphatic rings. The fourth-order valence-corrected chi connectivity index (χ4v) is 3.57. The van der Waals surface area contributed by atoms with Gasteiger partial charge < -0.3 is 20.9 Å². The second-order valence-electron chi connectivity index (χ2n) is 8.21. The lowest BCUT2D eigenvalue weighted by atomic mass is 10.1. The van der Waals surface area contributed by atoms with Gasteiger partial charge in [0, 0.05) is 43.4 Å². The van der Waals surface area contributed by atoms with Crippen molar-refractivity contribution < 1.29 is 0 Å². The van der Waals surface area contributed by atoms with Gasteiger partial charge in [0.15, 0.2) is 5.82 Å². The van der Waals surface area contributed by atoms with Crippen molar-refractivity contribution in [1.29, 1.82) is 0 Å². The van der Waals surface area contributed by atoms with Gasteiger partial charge >= 0.3 is 0 Å². The van der Waals surface area contributed by atoms with Gasteiger partial charge in [0.1, 0.15) is 11.6 Å². The van der Waals surface area contributed by atoms with E-state index in [0.29, 0.717) is 18.4 Å². The normalized spacial score (nSPS) is 16.2. The van der Waals surface area contributed by atoms with E-state index in [1.165, 1.54) is 50.9 Å². The molecule has 2 aromatic rings. The van der Waals surface area contributed by atoms with Crippen LogP contribution in [0.4, 0.5) is 23.4 Å². The van der Waals surface area contributed by atoms with Crippen molar-refractivity contribution >= 4 is 23.4 Å². The van der Waals surface area contributed by atoms with Crippen LogP contribution in [-0.4, -0.2) is 57.8 Å². The molecule has 0 amide bonds. The van der Waals surface area contributed by atoms with Gasteiger partial charge in [-0.1, -0.05) is 32.4 Å². The largest absolute Gasteiger partial charge is 0.369 e. The Bertz CT molecular complexity index is 821. The zero-order valence-corrected chi connectivity index (χ0v) is 19.3. The topological polar surface area (TPSA) is 93.8 Å². The van der Waals surface area contributed by atoms with Crippen LogP contribution < -0.4 is 16.0 Å². The summed E-state index contributed by atoms with van der Waals surface area (Å²) in [4.78, 5) is 11.7. The smallest absolute Gasteiger partial charge is 0.226 e. The summed E-state index contributed by atoms with van der Waals surface area (Å²) in [5.41, 5.74) is 2.23. The second-order valence-corrected chi connectivity index (χ2v) is 8.21. The summed E-state index contributed by atoms with van der Waals surface area (Å²) in [6.45, 7) is 14.9. The van der Waals surface area contributed by atoms with E-state index in [1.807, 2.05) is 26.8 Å². The van der Waals surface area contributed by atoms with Crippen molar-refractivity contribution in [2.45, 2.75) is 58.8 Å². The number of rotatable bonds is 10. The molecule has 4 rings (SSSR count). The van der Waals surface area contributed by atoms with Crippen LogP contribution in [0.25, 0.3) is 0 Å². The molecule has 8 heteroatoms. The van der Waals surface area contributed by atoms with Crippen LogP contribution in [0, 0.1) is 0 Å². The van der Waals surface area contributed by atoms with Crippen LogP contribution in [0.5, 0.6) is 0 Å². The molecule has 1 saturated heterocycles. The molecule has 2 aromatic heterocycles. The van der Waals surface area contributed by atoms with Crippen LogP contribution >= 0.6 is 0 Å². The molecule has 170 valence electrons. The quantitative estimate of drug-likeness (QED) is 0.408. The molecule has 0 bridgehead atoms. The second kappa shape index (κ2) is 11.7. The van der Waals surface area contributed by atoms with E-state index in [-0.39, 0.29) is 0 Å². The fraction of sp³-hybridized carbons (Fsp3) is 0.609. The maximum atomic E-state index is 4.61. The fourth-order valence-electron chi connectivity index (χ4n) is 3.57. The van der Waals surface area contributed by atoms with Crippen LogP contribution in [0.3, 0.4) is 0 Å². The highest BCUT2D eigenvalue weighted by Gasteiger charge is 2.25. The molecule has 4 N–H and O–H groups in total. The average Bonchev–Trinajstić information content (AvgIpc) is 3.53. The number of hydrogen-bond donors (Lipinski definition) is 4. The molecule has 0 atom stereocenters. The number of nitrogens with zero attached hydrogens (tertiary/aromatic N) is 4. The number of aromatic amines is 1. The zero-order valence-electron chi connectivity index (χ0n) is 19.3. The maximum absolute atomic E-state index is 4.61. The summed E-state index contributed by atoms with van der Waals surface area (Å²) in [5.74, 6) is 3.54. The van der Waals surface area contributed by atoms with Gasteiger partial charge in [-0.2, -0.15) is 15.1 Å². The third-order valence-electron chi connectivity index (χ3n) is 5.33. The van der Waals surface area contributed by atoms with Gasteiger partial charge in [-0.3, -0.25) is 5.10 Å². The Morgan fingerprint density at radius 1 is 1.06 bits per heavy atom. The lowest BCUT2D eigenvalue weighted by molar-refractivity contribution is 0.237. The molecular weight excluding hydrogens is 388 g/mol. The molecule has 31 heavy (non-hydrogen) atoms. The van der Waals surface area contributed by atoms with Gasteiger partial charge in [0.2, 0.25) is 5.95 Å². The Morgan fingerprint density at radius 3 is 2.52 bits per heavy atom. The highest BCUT2D eigenvalue weighted by Crippen LogP contribution is 2.39. The van der Waals surface area contributed by atoms with Crippen LogP contribution in [0.1, 0.15) is 64.5 Å². The highest BCUT2D eigenvalue weighted by atomic mass is 15.2. The predicted octanol–water partition coefficient (Wildman–Crippen LogP) is 4.73. The van der Waals surface area contributed by atoms with Crippen molar-refractivity contribution in [3.05, 3.63) is 30.0 Å². The molecule has 8 nitrogen and oxygen atoms in total. The van der Waals surface area contributed by atoms with Crippen LogP contribution in [-0.2, 0) is 0 Å². The number of anilines is 4. The SMILES string of the molecule is C=C(C)CNc1nc(NCCN2CCCCC2)cc(Nc2cc(C3CC3)[nH]n2)n1.CC. The molecular formula is C23H38N8. The number of aromatic nitrogens is 4. The summed E-state index contributed by atoms with van der Waals surface area (Å²) < 4.78 is 0. The van der Waals surface area contributed by atoms with Crippen molar-refractivity contribution in [2.75, 3.05) is 48.7 Å². The average molecular weight is 427 g/mol. The van der Waals surface area contributed by atoms with Crippen LogP contribution in [0.15, 0.2) is 24.3 Å². The molecule has 0 aromatic carbocycles. The minimum absolute atomic E-state index is 0.580. The Labute approximate surface area is 186 Å². The van der Waals surface area contributed by atoms with E-state index in [9.17, 15) is 0 Å². The number of nitrogens with one attached hydrogen (secondary N) is 4. The van der Waals surface area contributed by atoms with Crippen molar-refractivity contribution in [1.82, 2.24) is 25.1 Å². The number of H-pyrrole nitrogens is 1. The first-order chi connectivity index (χ1) is 15.2. The first-order valence-corrected chi connectivity index (χ1v) is 11.7. The first kappa shape index (κ1) is 23.1. The Kier molecular flexibility index (Phi) is 8.70. The third kappa shape index (κ3) is 7.54. The lowest BCUT2D eigenvalue weighted by Gasteiger charge is -2.26. The number of hydrogen-bond acceptors (Lipinski definition) is 7. The molecule has 0 spiro atoms. The van der Waals surface area contributed by atoms with Crippen LogP contribution in [0.2, 0.25) is 0 Å². The van der Waals surface area contributed by atoms with E-state index in [0.717, 1.165) is 36.1 Å². The Morgan fingerprint density at radius 2 is 1.81 bits per heavy atom. The number of piperidine rings is 1. The van der Waals surface area contributed by atoms with Crippen molar-refractivity contribution in [3.8, 4) is 0 Å². The molecule has 3 heterocycles. The van der Waals surface area contributed by atoms with E-state index in [1.54, 1.807) is 0 Å². The van der Waals surface area contributed by atoms with E-state index in [2.05, 4.69) is 53.7 Å². The zero-order chi connectivity index (χ0) is 22.1. The van der Waals surface area contributed by atoms with E-state index >= 15 is 0 Å². The van der Waals surface area contributed by atoms with Gasteiger partial charge in [0.25, 0.3) is 0 Å². The predicted molar refractivity (Wildman–Crippen MR) is 129 cm³/mol. The molecule has 1 saturated carbocycles. The maximum Gasteiger partial charge on any atom is 0.226 e. The van der Waals surface area contributed by atoms with E-state index in [4.69, 9.17) is 0 Å². The summed E-state index contributed by atoms with van der Waals surface area (Å²) in [5, 5.41) is 17.5. The molecule has 2 fully saturated rings. The highest BCUT2D eigenvalue weighted by molar-refractivity contribution is 5.59. The van der Waals surface area contributed by atoms with Crippen molar-refractivity contribution in [2.24, 2.45) is 0 Å². The molecule has 1 aliphatic heterocycles. The minimum Gasteiger partial charge on any atom is -0.369 e.